The molecule has 0 aliphatic rings. The second kappa shape index (κ2) is 7.46. The van der Waals surface area contributed by atoms with Crippen LogP contribution < -0.4 is 15.3 Å². The number of hydrogen-bond acceptors (Lipinski definition) is 4. The summed E-state index contributed by atoms with van der Waals surface area (Å²) >= 11 is 0. The van der Waals surface area contributed by atoms with Crippen molar-refractivity contribution in [1.82, 2.24) is 5.32 Å². The summed E-state index contributed by atoms with van der Waals surface area (Å²) in [6.07, 6.45) is 1.38. The van der Waals surface area contributed by atoms with Gasteiger partial charge in [-0.25, -0.2) is 0 Å². The van der Waals surface area contributed by atoms with Crippen LogP contribution >= 0.6 is 0 Å². The van der Waals surface area contributed by atoms with Crippen LogP contribution in [0.25, 0.3) is 6.08 Å². The molecule has 124 valence electrons. The molecule has 0 atom stereocenters. The summed E-state index contributed by atoms with van der Waals surface area (Å²) in [7, 11) is 3.83. The number of amides is 1. The monoisotopic (exact) mass is 323 g/mol. The minimum Gasteiger partial charge on any atom is -0.543 e. The second-order valence-corrected chi connectivity index (χ2v) is 5.66. The predicted octanol–water partition coefficient (Wildman–Crippen LogP) is 1.58. The molecule has 0 spiro atoms. The Morgan fingerprint density at radius 2 is 1.75 bits per heavy atom. The topological polar surface area (TPSA) is 72.5 Å². The Morgan fingerprint density at radius 1 is 1.08 bits per heavy atom. The molecular formula is C19H19N2O3-. The first-order chi connectivity index (χ1) is 11.4. The number of carbonyl (C=O) groups excluding carboxylic acids is 2. The van der Waals surface area contributed by atoms with Gasteiger partial charge in [0.2, 0.25) is 0 Å². The van der Waals surface area contributed by atoms with Crippen molar-refractivity contribution >= 4 is 23.6 Å². The van der Waals surface area contributed by atoms with Gasteiger partial charge >= 0.3 is 0 Å². The predicted molar refractivity (Wildman–Crippen MR) is 92.4 cm³/mol. The van der Waals surface area contributed by atoms with Crippen molar-refractivity contribution in [3.05, 3.63) is 70.9 Å². The van der Waals surface area contributed by atoms with Gasteiger partial charge in [0.1, 0.15) is 0 Å². The number of carbonyl (C=O) groups is 2. The molecule has 1 N–H and O–H groups in total. The Labute approximate surface area is 141 Å². The lowest BCUT2D eigenvalue weighted by molar-refractivity contribution is -0.299. The average molecular weight is 323 g/mol. The van der Waals surface area contributed by atoms with Gasteiger partial charge in [-0.05, 0) is 42.8 Å². The lowest BCUT2D eigenvalue weighted by atomic mass is 10.1. The van der Waals surface area contributed by atoms with E-state index in [1.807, 2.05) is 44.1 Å². The van der Waals surface area contributed by atoms with Crippen LogP contribution in [0.5, 0.6) is 0 Å². The molecule has 0 saturated heterocycles. The zero-order valence-electron chi connectivity index (χ0n) is 13.9. The summed E-state index contributed by atoms with van der Waals surface area (Å²) in [5, 5.41) is 13.7. The third-order valence-corrected chi connectivity index (χ3v) is 3.47. The van der Waals surface area contributed by atoms with E-state index in [-0.39, 0.29) is 5.70 Å². The maximum absolute atomic E-state index is 12.2. The first-order valence-corrected chi connectivity index (χ1v) is 7.45. The number of nitrogens with zero attached hydrogens (tertiary/aromatic N) is 1. The summed E-state index contributed by atoms with van der Waals surface area (Å²) in [6.45, 7) is 1.86. The number of rotatable bonds is 5. The van der Waals surface area contributed by atoms with Gasteiger partial charge in [-0.15, -0.1) is 0 Å². The number of carboxylic acids is 1. The Morgan fingerprint density at radius 3 is 2.29 bits per heavy atom. The maximum atomic E-state index is 12.2. The Hall–Kier alpha value is -3.08. The highest BCUT2D eigenvalue weighted by atomic mass is 16.4. The fourth-order valence-corrected chi connectivity index (χ4v) is 2.16. The standard InChI is InChI=1S/C19H20N2O3/c1-13-5-4-6-15(11-13)18(22)20-17(19(23)24)12-14-7-9-16(10-8-14)21(2)3/h4-12H,1-3H3,(H,20,22)(H,23,24)/p-1/b17-12+. The zero-order chi connectivity index (χ0) is 17.7. The second-order valence-electron chi connectivity index (χ2n) is 5.66. The van der Waals surface area contributed by atoms with E-state index < -0.39 is 11.9 Å². The minimum atomic E-state index is -1.44. The summed E-state index contributed by atoms with van der Waals surface area (Å²) in [6, 6.07) is 14.2. The third kappa shape index (κ3) is 4.46. The number of nitrogens with one attached hydrogen (secondary N) is 1. The number of aryl methyl sites for hydroxylation is 1. The van der Waals surface area contributed by atoms with E-state index >= 15 is 0 Å². The molecule has 0 radical (unpaired) electrons. The van der Waals surface area contributed by atoms with Crippen LogP contribution in [0.15, 0.2) is 54.2 Å². The van der Waals surface area contributed by atoms with Gasteiger partial charge in [-0.1, -0.05) is 29.8 Å². The first-order valence-electron chi connectivity index (χ1n) is 7.45. The van der Waals surface area contributed by atoms with Crippen LogP contribution in [0.2, 0.25) is 0 Å². The van der Waals surface area contributed by atoms with E-state index in [4.69, 9.17) is 0 Å². The largest absolute Gasteiger partial charge is 0.543 e. The molecule has 2 rings (SSSR count). The fourth-order valence-electron chi connectivity index (χ4n) is 2.16. The number of anilines is 1. The average Bonchev–Trinajstić information content (AvgIpc) is 2.54. The molecule has 2 aromatic rings. The molecule has 5 heteroatoms. The molecule has 0 bridgehead atoms. The summed E-state index contributed by atoms with van der Waals surface area (Å²) < 4.78 is 0. The van der Waals surface area contributed by atoms with Crippen LogP contribution in [0.1, 0.15) is 21.5 Å². The summed E-state index contributed by atoms with van der Waals surface area (Å²) in [5.41, 5.74) is 2.68. The lowest BCUT2D eigenvalue weighted by Gasteiger charge is -2.13. The van der Waals surface area contributed by atoms with Crippen molar-refractivity contribution in [3.8, 4) is 0 Å². The van der Waals surface area contributed by atoms with Gasteiger partial charge in [0.25, 0.3) is 5.91 Å². The molecule has 1 amide bonds. The molecule has 2 aromatic carbocycles. The van der Waals surface area contributed by atoms with Crippen molar-refractivity contribution in [2.24, 2.45) is 0 Å². The smallest absolute Gasteiger partial charge is 0.255 e. The SMILES string of the molecule is Cc1cccc(C(=O)N/C(=C/c2ccc(N(C)C)cc2)C(=O)[O-])c1. The van der Waals surface area contributed by atoms with E-state index in [2.05, 4.69) is 5.32 Å². The molecule has 0 aromatic heterocycles. The molecule has 0 aliphatic carbocycles. The van der Waals surface area contributed by atoms with Gasteiger partial charge in [-0.3, -0.25) is 4.79 Å². The number of aliphatic carboxylic acids is 1. The van der Waals surface area contributed by atoms with Gasteiger partial charge in [-0.2, -0.15) is 0 Å². The van der Waals surface area contributed by atoms with Crippen LogP contribution in [-0.4, -0.2) is 26.0 Å². The molecule has 0 saturated carbocycles. The Balaban J connectivity index is 2.22. The molecule has 0 fully saturated rings. The maximum Gasteiger partial charge on any atom is 0.255 e. The summed E-state index contributed by atoms with van der Waals surface area (Å²) in [4.78, 5) is 25.4. The molecule has 5 nitrogen and oxygen atoms in total. The molecule has 0 aliphatic heterocycles. The van der Waals surface area contributed by atoms with Gasteiger partial charge in [0.05, 0.1) is 11.7 Å². The van der Waals surface area contributed by atoms with Crippen molar-refractivity contribution in [1.29, 1.82) is 0 Å². The van der Waals surface area contributed by atoms with Crippen molar-refractivity contribution in [2.75, 3.05) is 19.0 Å². The minimum absolute atomic E-state index is 0.279. The van der Waals surface area contributed by atoms with Crippen molar-refractivity contribution in [2.45, 2.75) is 6.92 Å². The molecular weight excluding hydrogens is 304 g/mol. The van der Waals surface area contributed by atoms with Crippen molar-refractivity contribution < 1.29 is 14.7 Å². The van der Waals surface area contributed by atoms with Crippen LogP contribution in [0.3, 0.4) is 0 Å². The third-order valence-electron chi connectivity index (χ3n) is 3.47. The molecule has 0 unspecified atom stereocenters. The van der Waals surface area contributed by atoms with Crippen LogP contribution in [0.4, 0.5) is 5.69 Å². The van der Waals surface area contributed by atoms with Crippen LogP contribution in [0, 0.1) is 6.92 Å². The van der Waals surface area contributed by atoms with Gasteiger partial charge in [0, 0.05) is 25.3 Å². The first kappa shape index (κ1) is 17.3. The van der Waals surface area contributed by atoms with E-state index in [1.54, 1.807) is 30.3 Å². The van der Waals surface area contributed by atoms with Gasteiger partial charge in [0.15, 0.2) is 0 Å². The normalized spacial score (nSPS) is 11.0. The summed E-state index contributed by atoms with van der Waals surface area (Å²) in [5.74, 6) is -1.92. The Kier molecular flexibility index (Phi) is 5.37. The zero-order valence-corrected chi connectivity index (χ0v) is 13.9. The van der Waals surface area contributed by atoms with Crippen LogP contribution in [-0.2, 0) is 4.79 Å². The highest BCUT2D eigenvalue weighted by molar-refractivity contribution is 6.02. The number of carboxylic acid groups (broad SMARTS) is 1. The van der Waals surface area contributed by atoms with E-state index in [0.717, 1.165) is 11.3 Å². The molecule has 24 heavy (non-hydrogen) atoms. The quantitative estimate of drug-likeness (QED) is 0.848. The fraction of sp³-hybridized carbons (Fsp3) is 0.158. The Bertz CT molecular complexity index is 777. The van der Waals surface area contributed by atoms with Crippen molar-refractivity contribution in [3.63, 3.8) is 0 Å². The highest BCUT2D eigenvalue weighted by Gasteiger charge is 2.09. The molecule has 0 heterocycles. The van der Waals surface area contributed by atoms with E-state index in [1.165, 1.54) is 6.08 Å². The van der Waals surface area contributed by atoms with E-state index in [9.17, 15) is 14.7 Å². The highest BCUT2D eigenvalue weighted by Crippen LogP contribution is 2.14. The lowest BCUT2D eigenvalue weighted by Crippen LogP contribution is -2.35. The van der Waals surface area contributed by atoms with E-state index in [0.29, 0.717) is 11.1 Å². The number of hydrogen-bond donors (Lipinski definition) is 1. The number of benzene rings is 2. The van der Waals surface area contributed by atoms with Gasteiger partial charge < -0.3 is 20.1 Å².